The molecule has 1 aliphatic rings. The van der Waals surface area contributed by atoms with Gasteiger partial charge in [-0.1, -0.05) is 11.8 Å². The molecule has 2 rings (SSSR count). The maximum absolute atomic E-state index is 10.2. The smallest absolute Gasteiger partial charge is 0.262 e. The molecule has 1 fully saturated rings. The van der Waals surface area contributed by atoms with E-state index in [1.807, 2.05) is 29.1 Å². The SMILES string of the molecule is C=C(N)c1ccc[n+]([C@H]2CC[C@@H](CN=O)O2)c1. The van der Waals surface area contributed by atoms with Gasteiger partial charge in [0.25, 0.3) is 6.23 Å². The van der Waals surface area contributed by atoms with E-state index in [1.165, 1.54) is 0 Å². The van der Waals surface area contributed by atoms with Crippen LogP contribution in [-0.4, -0.2) is 12.6 Å². The van der Waals surface area contributed by atoms with Gasteiger partial charge in [-0.15, -0.1) is 0 Å². The van der Waals surface area contributed by atoms with Gasteiger partial charge in [0.15, 0.2) is 12.4 Å². The third kappa shape index (κ3) is 2.68. The fourth-order valence-corrected chi connectivity index (χ4v) is 1.99. The van der Waals surface area contributed by atoms with Gasteiger partial charge in [0.05, 0.1) is 11.7 Å². The van der Waals surface area contributed by atoms with Crippen LogP contribution in [0.4, 0.5) is 0 Å². The van der Waals surface area contributed by atoms with E-state index in [1.54, 1.807) is 0 Å². The summed E-state index contributed by atoms with van der Waals surface area (Å²) in [7, 11) is 0. The quantitative estimate of drug-likeness (QED) is 0.631. The monoisotopic (exact) mass is 234 g/mol. The number of rotatable bonds is 4. The summed E-state index contributed by atoms with van der Waals surface area (Å²) in [4.78, 5) is 10.2. The highest BCUT2D eigenvalue weighted by Gasteiger charge is 2.31. The highest BCUT2D eigenvalue weighted by molar-refractivity contribution is 5.58. The van der Waals surface area contributed by atoms with E-state index in [9.17, 15) is 4.91 Å². The number of hydrogen-bond acceptors (Lipinski definition) is 4. The van der Waals surface area contributed by atoms with Gasteiger partial charge in [-0.2, -0.15) is 9.47 Å². The molecule has 0 saturated carbocycles. The van der Waals surface area contributed by atoms with Gasteiger partial charge in [0.1, 0.15) is 6.54 Å². The van der Waals surface area contributed by atoms with Crippen LogP contribution in [0.3, 0.4) is 0 Å². The summed E-state index contributed by atoms with van der Waals surface area (Å²) in [5.41, 5.74) is 7.06. The Labute approximate surface area is 99.9 Å². The Morgan fingerprint density at radius 3 is 3.18 bits per heavy atom. The van der Waals surface area contributed by atoms with Gasteiger partial charge in [-0.3, -0.25) is 0 Å². The molecule has 0 spiro atoms. The molecule has 2 N–H and O–H groups in total. The third-order valence-electron chi connectivity index (χ3n) is 2.89. The number of hydrogen-bond donors (Lipinski definition) is 1. The highest BCUT2D eigenvalue weighted by Crippen LogP contribution is 2.24. The molecule has 2 heterocycles. The molecule has 0 aliphatic carbocycles. The van der Waals surface area contributed by atoms with Gasteiger partial charge in [-0.05, 0) is 12.5 Å². The maximum atomic E-state index is 10.2. The zero-order valence-corrected chi connectivity index (χ0v) is 9.58. The molecule has 0 bridgehead atoms. The second-order valence-corrected chi connectivity index (χ2v) is 4.17. The number of nitrogens with two attached hydrogens (primary N) is 1. The second kappa shape index (κ2) is 5.05. The topological polar surface area (TPSA) is 68.6 Å². The molecular weight excluding hydrogens is 218 g/mol. The van der Waals surface area contributed by atoms with E-state index in [-0.39, 0.29) is 18.9 Å². The molecule has 0 amide bonds. The summed E-state index contributed by atoms with van der Waals surface area (Å²) in [6.45, 7) is 3.93. The van der Waals surface area contributed by atoms with Crippen LogP contribution in [0.1, 0.15) is 24.6 Å². The molecule has 1 aliphatic heterocycles. The first-order chi connectivity index (χ1) is 8.20. The molecule has 90 valence electrons. The molecule has 5 heteroatoms. The predicted molar refractivity (Wildman–Crippen MR) is 63.7 cm³/mol. The van der Waals surface area contributed by atoms with Gasteiger partial charge < -0.3 is 10.5 Å². The van der Waals surface area contributed by atoms with Crippen LogP contribution in [0.25, 0.3) is 5.70 Å². The minimum atomic E-state index is -0.0604. The molecule has 0 radical (unpaired) electrons. The first-order valence-electron chi connectivity index (χ1n) is 5.61. The summed E-state index contributed by atoms with van der Waals surface area (Å²) < 4.78 is 7.68. The number of pyridine rings is 1. The Bertz CT molecular complexity index is 434. The van der Waals surface area contributed by atoms with Crippen molar-refractivity contribution in [2.45, 2.75) is 25.2 Å². The van der Waals surface area contributed by atoms with Gasteiger partial charge in [0, 0.05) is 18.2 Å². The standard InChI is InChI=1S/C12H16N3O2/c1-9(13)10-3-2-6-15(8-10)12-5-4-11(17-12)7-14-16/h2-3,6,8,11-12H,1,4-5,7,13H2/q+1/t11-,12+/m0/s1. The van der Waals surface area contributed by atoms with E-state index >= 15 is 0 Å². The molecule has 1 aromatic heterocycles. The van der Waals surface area contributed by atoms with Crippen molar-refractivity contribution in [3.8, 4) is 0 Å². The Balaban J connectivity index is 2.10. The summed E-state index contributed by atoms with van der Waals surface area (Å²) in [5, 5.41) is 2.87. The van der Waals surface area contributed by atoms with Crippen molar-refractivity contribution >= 4 is 5.70 Å². The highest BCUT2D eigenvalue weighted by atomic mass is 16.5. The fraction of sp³-hybridized carbons (Fsp3) is 0.417. The minimum absolute atomic E-state index is 0.0407. The Kier molecular flexibility index (Phi) is 3.49. The number of aromatic nitrogens is 1. The lowest BCUT2D eigenvalue weighted by Gasteiger charge is -2.08. The minimum Gasteiger partial charge on any atom is -0.399 e. The van der Waals surface area contributed by atoms with E-state index in [2.05, 4.69) is 11.8 Å². The zero-order valence-electron chi connectivity index (χ0n) is 9.58. The number of nitroso groups, excluding NO2 is 1. The Morgan fingerprint density at radius 2 is 2.47 bits per heavy atom. The molecule has 0 unspecified atom stereocenters. The third-order valence-corrected chi connectivity index (χ3v) is 2.89. The predicted octanol–water partition coefficient (Wildman–Crippen LogP) is 1.35. The first kappa shape index (κ1) is 11.7. The molecule has 1 saturated heterocycles. The zero-order chi connectivity index (χ0) is 12.3. The van der Waals surface area contributed by atoms with Crippen LogP contribution in [0.15, 0.2) is 36.3 Å². The lowest BCUT2D eigenvalue weighted by Crippen LogP contribution is -2.39. The van der Waals surface area contributed by atoms with Crippen LogP contribution in [0.5, 0.6) is 0 Å². The van der Waals surface area contributed by atoms with Gasteiger partial charge >= 0.3 is 0 Å². The maximum Gasteiger partial charge on any atom is 0.262 e. The van der Waals surface area contributed by atoms with Gasteiger partial charge in [0.2, 0.25) is 0 Å². The van der Waals surface area contributed by atoms with Crippen molar-refractivity contribution < 1.29 is 9.30 Å². The number of nitrogens with zero attached hydrogens (tertiary/aromatic N) is 2. The van der Waals surface area contributed by atoms with Crippen LogP contribution < -0.4 is 10.3 Å². The van der Waals surface area contributed by atoms with Crippen LogP contribution in [-0.2, 0) is 4.74 Å². The summed E-state index contributed by atoms with van der Waals surface area (Å²) in [5.74, 6) is 0. The van der Waals surface area contributed by atoms with Crippen molar-refractivity contribution in [1.29, 1.82) is 0 Å². The van der Waals surface area contributed by atoms with Crippen LogP contribution >= 0.6 is 0 Å². The average Bonchev–Trinajstić information content (AvgIpc) is 2.78. The normalized spacial score (nSPS) is 23.5. The molecule has 2 atom stereocenters. The largest absolute Gasteiger partial charge is 0.399 e. The molecule has 17 heavy (non-hydrogen) atoms. The summed E-state index contributed by atoms with van der Waals surface area (Å²) in [6, 6.07) is 3.81. The van der Waals surface area contributed by atoms with Crippen LogP contribution in [0.2, 0.25) is 0 Å². The van der Waals surface area contributed by atoms with Gasteiger partial charge in [-0.25, -0.2) is 0 Å². The van der Waals surface area contributed by atoms with Crippen molar-refractivity contribution in [2.24, 2.45) is 10.9 Å². The van der Waals surface area contributed by atoms with Crippen molar-refractivity contribution in [3.63, 3.8) is 0 Å². The van der Waals surface area contributed by atoms with Crippen molar-refractivity contribution in [2.75, 3.05) is 6.54 Å². The Hall–Kier alpha value is -1.75. The average molecular weight is 234 g/mol. The molecule has 5 nitrogen and oxygen atoms in total. The van der Waals surface area contributed by atoms with Crippen LogP contribution in [0, 0.1) is 4.91 Å². The van der Waals surface area contributed by atoms with E-state index in [0.717, 1.165) is 18.4 Å². The van der Waals surface area contributed by atoms with Crippen molar-refractivity contribution in [3.05, 3.63) is 41.6 Å². The van der Waals surface area contributed by atoms with E-state index < -0.39 is 0 Å². The number of ether oxygens (including phenoxy) is 1. The lowest BCUT2D eigenvalue weighted by molar-refractivity contribution is -0.759. The first-order valence-corrected chi connectivity index (χ1v) is 5.61. The van der Waals surface area contributed by atoms with Crippen molar-refractivity contribution in [1.82, 2.24) is 0 Å². The molecule has 1 aromatic rings. The fourth-order valence-electron chi connectivity index (χ4n) is 1.99. The summed E-state index contributed by atoms with van der Waals surface area (Å²) in [6.07, 6.45) is 5.47. The molecular formula is C12H16N3O2+. The second-order valence-electron chi connectivity index (χ2n) is 4.17. The Morgan fingerprint density at radius 1 is 1.65 bits per heavy atom. The van der Waals surface area contributed by atoms with E-state index in [4.69, 9.17) is 10.5 Å². The summed E-state index contributed by atoms with van der Waals surface area (Å²) >= 11 is 0. The lowest BCUT2D eigenvalue weighted by atomic mass is 10.2. The van der Waals surface area contributed by atoms with E-state index in [0.29, 0.717) is 5.70 Å². The molecule has 0 aromatic carbocycles.